The minimum atomic E-state index is -0.0928. The van der Waals surface area contributed by atoms with E-state index in [0.29, 0.717) is 29.7 Å². The van der Waals surface area contributed by atoms with Gasteiger partial charge in [-0.25, -0.2) is 0 Å². The maximum atomic E-state index is 12.5. The molecule has 1 amide bonds. The van der Waals surface area contributed by atoms with Crippen LogP contribution in [0.5, 0.6) is 0 Å². The van der Waals surface area contributed by atoms with Crippen LogP contribution in [0.3, 0.4) is 0 Å². The molecule has 3 heterocycles. The molecule has 0 spiro atoms. The van der Waals surface area contributed by atoms with Crippen molar-refractivity contribution in [2.45, 2.75) is 25.9 Å². The summed E-state index contributed by atoms with van der Waals surface area (Å²) >= 11 is 7.89. The molecule has 168 valence electrons. The third-order valence-corrected chi connectivity index (χ3v) is 6.98. The van der Waals surface area contributed by atoms with Crippen molar-refractivity contribution in [3.8, 4) is 0 Å². The molecule has 33 heavy (non-hydrogen) atoms. The Morgan fingerprint density at radius 2 is 2.15 bits per heavy atom. The van der Waals surface area contributed by atoms with Gasteiger partial charge in [-0.15, -0.1) is 11.3 Å². The lowest BCUT2D eigenvalue weighted by Crippen LogP contribution is -2.37. The van der Waals surface area contributed by atoms with E-state index in [4.69, 9.17) is 17.0 Å². The van der Waals surface area contributed by atoms with Crippen LogP contribution in [0, 0.1) is 5.41 Å². The van der Waals surface area contributed by atoms with Crippen molar-refractivity contribution in [3.05, 3.63) is 105 Å². The van der Waals surface area contributed by atoms with Gasteiger partial charge in [0.1, 0.15) is 0 Å². The van der Waals surface area contributed by atoms with Crippen molar-refractivity contribution < 1.29 is 4.79 Å². The second-order valence-electron chi connectivity index (χ2n) is 7.92. The molecule has 4 rings (SSSR count). The topological polar surface area (TPSA) is 69.1 Å². The smallest absolute Gasteiger partial charge is 0.246 e. The molecule has 1 aromatic carbocycles. The van der Waals surface area contributed by atoms with Crippen LogP contribution in [0.2, 0.25) is 4.34 Å². The molecule has 2 N–H and O–H groups in total. The minimum Gasteiger partial charge on any atom is -0.386 e. The summed E-state index contributed by atoms with van der Waals surface area (Å²) in [5, 5.41) is 11.8. The number of carbonyl (C=O) groups is 1. The molecule has 0 aliphatic carbocycles. The molecule has 3 aromatic rings. The third-order valence-electron chi connectivity index (χ3n) is 5.72. The van der Waals surface area contributed by atoms with Gasteiger partial charge in [-0.3, -0.25) is 9.78 Å². The van der Waals surface area contributed by atoms with E-state index in [9.17, 15) is 4.79 Å². The number of benzene rings is 1. The summed E-state index contributed by atoms with van der Waals surface area (Å²) in [7, 11) is 0. The summed E-state index contributed by atoms with van der Waals surface area (Å²) in [6.07, 6.45) is 6.82. The number of nitrogens with zero attached hydrogens (tertiary/aromatic N) is 2. The SMILES string of the molecule is C=CC(=O)N1Cc2sc(Cl)cc2[C@@H](c2ccccc2/C(=C/NCc2cccnc2)C(C)=N)C1. The summed E-state index contributed by atoms with van der Waals surface area (Å²) in [6.45, 7) is 7.13. The number of pyridine rings is 1. The normalized spacial score (nSPS) is 15.6. The standard InChI is InChI=1S/C26H25ClN4OS/c1-3-26(32)31-15-23(21-11-25(27)33-24(21)16-31)20-9-5-4-8-19(20)22(17(2)28)14-30-13-18-7-6-10-29-12-18/h3-12,14,23,28,30H,1,13,15-16H2,2H3/b22-14+,28-17?/t23-/m1/s1. The van der Waals surface area contributed by atoms with E-state index in [1.165, 1.54) is 17.4 Å². The van der Waals surface area contributed by atoms with Gasteiger partial charge in [-0.05, 0) is 47.4 Å². The van der Waals surface area contributed by atoms with E-state index in [1.807, 2.05) is 53.7 Å². The molecule has 0 unspecified atom stereocenters. The van der Waals surface area contributed by atoms with E-state index >= 15 is 0 Å². The summed E-state index contributed by atoms with van der Waals surface area (Å²) in [4.78, 5) is 19.5. The van der Waals surface area contributed by atoms with Gasteiger partial charge in [-0.1, -0.05) is 48.5 Å². The van der Waals surface area contributed by atoms with E-state index in [0.717, 1.165) is 32.7 Å². The van der Waals surface area contributed by atoms with E-state index in [2.05, 4.69) is 22.9 Å². The molecule has 1 aliphatic rings. The Morgan fingerprint density at radius 1 is 1.33 bits per heavy atom. The Hall–Kier alpha value is -3.22. The zero-order chi connectivity index (χ0) is 23.4. The van der Waals surface area contributed by atoms with Gasteiger partial charge in [-0.2, -0.15) is 0 Å². The number of aromatic nitrogens is 1. The van der Waals surface area contributed by atoms with E-state index in [-0.39, 0.29) is 11.8 Å². The molecule has 5 nitrogen and oxygen atoms in total. The lowest BCUT2D eigenvalue weighted by Gasteiger charge is -2.33. The highest BCUT2D eigenvalue weighted by Crippen LogP contribution is 2.42. The van der Waals surface area contributed by atoms with Gasteiger partial charge < -0.3 is 15.6 Å². The van der Waals surface area contributed by atoms with Crippen molar-refractivity contribution in [3.63, 3.8) is 0 Å². The maximum absolute atomic E-state index is 12.5. The second-order valence-corrected chi connectivity index (χ2v) is 9.68. The Kier molecular flexibility index (Phi) is 7.06. The molecule has 0 radical (unpaired) electrons. The van der Waals surface area contributed by atoms with Gasteiger partial charge in [0.2, 0.25) is 5.91 Å². The number of carbonyl (C=O) groups excluding carboxylic acids is 1. The van der Waals surface area contributed by atoms with Crippen LogP contribution in [-0.4, -0.2) is 28.0 Å². The molecule has 1 aliphatic heterocycles. The zero-order valence-corrected chi connectivity index (χ0v) is 19.9. The van der Waals surface area contributed by atoms with E-state index < -0.39 is 0 Å². The van der Waals surface area contributed by atoms with Crippen LogP contribution >= 0.6 is 22.9 Å². The first-order valence-electron chi connectivity index (χ1n) is 10.6. The van der Waals surface area contributed by atoms with Gasteiger partial charge in [0.15, 0.2) is 0 Å². The summed E-state index contributed by atoms with van der Waals surface area (Å²) < 4.78 is 0.715. The Balaban J connectivity index is 1.72. The summed E-state index contributed by atoms with van der Waals surface area (Å²) in [6, 6.07) is 14.0. The van der Waals surface area contributed by atoms with Gasteiger partial charge in [0.25, 0.3) is 0 Å². The monoisotopic (exact) mass is 476 g/mol. The first kappa shape index (κ1) is 23.0. The number of hydrogen-bond acceptors (Lipinski definition) is 5. The van der Waals surface area contributed by atoms with Crippen LogP contribution in [0.4, 0.5) is 0 Å². The fourth-order valence-corrected chi connectivity index (χ4v) is 5.51. The highest BCUT2D eigenvalue weighted by atomic mass is 35.5. The number of hydrogen-bond donors (Lipinski definition) is 2. The average Bonchev–Trinajstić information content (AvgIpc) is 3.21. The molecule has 1 atom stereocenters. The Bertz CT molecular complexity index is 1220. The highest BCUT2D eigenvalue weighted by molar-refractivity contribution is 7.16. The molecule has 0 saturated carbocycles. The number of nitrogens with one attached hydrogen (secondary N) is 2. The molecule has 0 saturated heterocycles. The first-order chi connectivity index (χ1) is 16.0. The van der Waals surface area contributed by atoms with Crippen LogP contribution in [0.25, 0.3) is 5.57 Å². The van der Waals surface area contributed by atoms with Crippen molar-refractivity contribution in [2.75, 3.05) is 6.54 Å². The van der Waals surface area contributed by atoms with Gasteiger partial charge in [0, 0.05) is 53.8 Å². The summed E-state index contributed by atoms with van der Waals surface area (Å²) in [5.74, 6) is -0.136. The molecule has 0 fully saturated rings. The highest BCUT2D eigenvalue weighted by Gasteiger charge is 2.32. The van der Waals surface area contributed by atoms with E-state index in [1.54, 1.807) is 13.1 Å². The Labute approximate surface area is 202 Å². The van der Waals surface area contributed by atoms with Crippen molar-refractivity contribution in [1.82, 2.24) is 15.2 Å². The predicted octanol–water partition coefficient (Wildman–Crippen LogP) is 5.63. The quantitative estimate of drug-likeness (QED) is 0.343. The lowest BCUT2D eigenvalue weighted by molar-refractivity contribution is -0.127. The van der Waals surface area contributed by atoms with Crippen molar-refractivity contribution >= 4 is 40.1 Å². The largest absolute Gasteiger partial charge is 0.386 e. The van der Waals surface area contributed by atoms with Crippen molar-refractivity contribution in [2.24, 2.45) is 0 Å². The first-order valence-corrected chi connectivity index (χ1v) is 11.8. The maximum Gasteiger partial charge on any atom is 0.246 e. The number of amides is 1. The molecule has 0 bridgehead atoms. The number of rotatable bonds is 7. The Morgan fingerprint density at radius 3 is 2.88 bits per heavy atom. The van der Waals surface area contributed by atoms with Crippen LogP contribution < -0.4 is 5.32 Å². The van der Waals surface area contributed by atoms with Crippen molar-refractivity contribution in [1.29, 1.82) is 5.41 Å². The van der Waals surface area contributed by atoms with Crippen LogP contribution in [0.15, 0.2) is 73.7 Å². The number of fused-ring (bicyclic) bond motifs is 1. The summed E-state index contributed by atoms with van der Waals surface area (Å²) in [5.41, 5.74) is 5.51. The molecule has 7 heteroatoms. The molecular weight excluding hydrogens is 452 g/mol. The second kappa shape index (κ2) is 10.1. The van der Waals surface area contributed by atoms with Crippen LogP contribution in [0.1, 0.15) is 40.0 Å². The molecular formula is C26H25ClN4OS. The van der Waals surface area contributed by atoms with Gasteiger partial charge >= 0.3 is 0 Å². The zero-order valence-electron chi connectivity index (χ0n) is 18.3. The predicted molar refractivity (Wildman–Crippen MR) is 136 cm³/mol. The number of allylic oxidation sites excluding steroid dienone is 1. The third kappa shape index (κ3) is 5.07. The fourth-order valence-electron chi connectivity index (χ4n) is 4.15. The lowest BCUT2D eigenvalue weighted by atomic mass is 9.83. The molecule has 2 aromatic heterocycles. The van der Waals surface area contributed by atoms with Gasteiger partial charge in [0.05, 0.1) is 10.9 Å². The number of thiophene rings is 1. The fraction of sp³-hybridized carbons (Fsp3) is 0.192. The number of halogens is 1. The average molecular weight is 477 g/mol. The van der Waals surface area contributed by atoms with Crippen LogP contribution in [-0.2, 0) is 17.9 Å². The minimum absolute atomic E-state index is 0.0429.